The molecule has 2 aromatic rings. The molecule has 1 aliphatic rings. The molecule has 0 radical (unpaired) electrons. The molecular formula is C18H24N2O2S. The van der Waals surface area contributed by atoms with Crippen LogP contribution < -0.4 is 4.74 Å². The second kappa shape index (κ2) is 7.43. The number of ether oxygens (including phenoxy) is 1. The van der Waals surface area contributed by atoms with Crippen molar-refractivity contribution in [3.8, 4) is 16.3 Å². The van der Waals surface area contributed by atoms with E-state index in [2.05, 4.69) is 17.3 Å². The summed E-state index contributed by atoms with van der Waals surface area (Å²) in [6.07, 6.45) is 3.10. The van der Waals surface area contributed by atoms with Gasteiger partial charge in [0.15, 0.2) is 0 Å². The van der Waals surface area contributed by atoms with Gasteiger partial charge in [-0.3, -0.25) is 0 Å². The average Bonchev–Trinajstić information content (AvgIpc) is 3.17. The van der Waals surface area contributed by atoms with E-state index in [0.29, 0.717) is 5.92 Å². The molecule has 1 fully saturated rings. The van der Waals surface area contributed by atoms with Gasteiger partial charge in [0.2, 0.25) is 0 Å². The topological polar surface area (TPSA) is 45.6 Å². The van der Waals surface area contributed by atoms with Crippen molar-refractivity contribution in [3.05, 3.63) is 35.3 Å². The number of nitrogens with zero attached hydrogens (tertiary/aromatic N) is 2. The number of aromatic nitrogens is 1. The van der Waals surface area contributed by atoms with Gasteiger partial charge < -0.3 is 14.7 Å². The third-order valence-corrected chi connectivity index (χ3v) is 5.41. The Bertz CT molecular complexity index is 643. The fourth-order valence-corrected chi connectivity index (χ4v) is 4.14. The summed E-state index contributed by atoms with van der Waals surface area (Å²) in [5.41, 5.74) is 2.12. The van der Waals surface area contributed by atoms with Crippen LogP contribution in [-0.2, 0) is 6.54 Å². The summed E-state index contributed by atoms with van der Waals surface area (Å²) in [5, 5.41) is 13.1. The van der Waals surface area contributed by atoms with Gasteiger partial charge in [0.1, 0.15) is 10.8 Å². The molecule has 5 heteroatoms. The third kappa shape index (κ3) is 3.91. The van der Waals surface area contributed by atoms with E-state index >= 15 is 0 Å². The van der Waals surface area contributed by atoms with Crippen molar-refractivity contribution in [1.82, 2.24) is 9.88 Å². The zero-order valence-electron chi connectivity index (χ0n) is 13.7. The molecule has 2 unspecified atom stereocenters. The predicted molar refractivity (Wildman–Crippen MR) is 93.8 cm³/mol. The molecule has 23 heavy (non-hydrogen) atoms. The zero-order valence-corrected chi connectivity index (χ0v) is 14.6. The van der Waals surface area contributed by atoms with Gasteiger partial charge in [-0.1, -0.05) is 18.6 Å². The Hall–Kier alpha value is -1.43. The highest BCUT2D eigenvalue weighted by atomic mass is 32.1. The first-order valence-corrected chi connectivity index (χ1v) is 8.99. The lowest BCUT2D eigenvalue weighted by atomic mass is 10.1. The van der Waals surface area contributed by atoms with Gasteiger partial charge in [0.05, 0.1) is 24.5 Å². The summed E-state index contributed by atoms with van der Waals surface area (Å²) in [6, 6.07) is 7.98. The number of aliphatic hydroxyl groups is 1. The van der Waals surface area contributed by atoms with Crippen LogP contribution in [0.25, 0.3) is 10.6 Å². The van der Waals surface area contributed by atoms with Gasteiger partial charge in [-0.2, -0.15) is 0 Å². The summed E-state index contributed by atoms with van der Waals surface area (Å²) in [4.78, 5) is 7.02. The maximum Gasteiger partial charge on any atom is 0.129 e. The van der Waals surface area contributed by atoms with E-state index in [1.165, 1.54) is 0 Å². The van der Waals surface area contributed by atoms with Crippen molar-refractivity contribution in [2.75, 3.05) is 20.7 Å². The Morgan fingerprint density at radius 3 is 2.91 bits per heavy atom. The van der Waals surface area contributed by atoms with Crippen LogP contribution in [0.4, 0.5) is 0 Å². The minimum absolute atomic E-state index is 0.128. The second-order valence-electron chi connectivity index (χ2n) is 6.30. The fraction of sp³-hybridized carbons (Fsp3) is 0.500. The summed E-state index contributed by atoms with van der Waals surface area (Å²) in [6.45, 7) is 1.75. The van der Waals surface area contributed by atoms with Crippen molar-refractivity contribution in [1.29, 1.82) is 0 Å². The molecule has 1 aliphatic carbocycles. The monoisotopic (exact) mass is 332 g/mol. The molecule has 1 aromatic heterocycles. The van der Waals surface area contributed by atoms with E-state index in [0.717, 1.165) is 54.4 Å². The molecule has 4 nitrogen and oxygen atoms in total. The number of para-hydroxylation sites is 1. The fourth-order valence-electron chi connectivity index (χ4n) is 3.30. The first kappa shape index (κ1) is 16.4. The van der Waals surface area contributed by atoms with Crippen LogP contribution in [0.5, 0.6) is 5.75 Å². The lowest BCUT2D eigenvalue weighted by molar-refractivity contribution is 0.107. The molecule has 124 valence electrons. The molecule has 1 heterocycles. The molecule has 1 saturated carbocycles. The largest absolute Gasteiger partial charge is 0.496 e. The molecule has 0 bridgehead atoms. The van der Waals surface area contributed by atoms with Crippen LogP contribution in [0.15, 0.2) is 29.6 Å². The Kier molecular flexibility index (Phi) is 5.30. The van der Waals surface area contributed by atoms with Crippen molar-refractivity contribution in [3.63, 3.8) is 0 Å². The molecule has 2 atom stereocenters. The molecular weight excluding hydrogens is 308 g/mol. The summed E-state index contributed by atoms with van der Waals surface area (Å²) in [5.74, 6) is 1.27. The SMILES string of the molecule is COc1ccccc1-c1nc(CN(C)CC2CCCC2O)cs1. The van der Waals surface area contributed by atoms with Crippen molar-refractivity contribution < 1.29 is 9.84 Å². The summed E-state index contributed by atoms with van der Waals surface area (Å²) in [7, 11) is 3.79. The van der Waals surface area contributed by atoms with E-state index in [9.17, 15) is 5.11 Å². The molecule has 0 amide bonds. The first-order chi connectivity index (χ1) is 11.2. The van der Waals surface area contributed by atoms with Gasteiger partial charge in [-0.15, -0.1) is 11.3 Å². The van der Waals surface area contributed by atoms with Gasteiger partial charge >= 0.3 is 0 Å². The summed E-state index contributed by atoms with van der Waals surface area (Å²) >= 11 is 1.65. The smallest absolute Gasteiger partial charge is 0.129 e. The Morgan fingerprint density at radius 2 is 2.17 bits per heavy atom. The minimum Gasteiger partial charge on any atom is -0.496 e. The zero-order chi connectivity index (χ0) is 16.2. The summed E-state index contributed by atoms with van der Waals surface area (Å²) < 4.78 is 5.42. The number of hydrogen-bond donors (Lipinski definition) is 1. The lowest BCUT2D eigenvalue weighted by Crippen LogP contribution is -2.29. The van der Waals surface area contributed by atoms with E-state index < -0.39 is 0 Å². The number of aliphatic hydroxyl groups excluding tert-OH is 1. The van der Waals surface area contributed by atoms with E-state index in [-0.39, 0.29) is 6.10 Å². The quantitative estimate of drug-likeness (QED) is 0.880. The number of methoxy groups -OCH3 is 1. The maximum atomic E-state index is 9.96. The van der Waals surface area contributed by atoms with Crippen molar-refractivity contribution in [2.45, 2.75) is 31.9 Å². The van der Waals surface area contributed by atoms with Crippen molar-refractivity contribution in [2.24, 2.45) is 5.92 Å². The number of benzene rings is 1. The van der Waals surface area contributed by atoms with E-state index in [1.54, 1.807) is 18.4 Å². The normalized spacial score (nSPS) is 21.0. The molecule has 3 rings (SSSR count). The van der Waals surface area contributed by atoms with Crippen LogP contribution >= 0.6 is 11.3 Å². The molecule has 0 aliphatic heterocycles. The van der Waals surface area contributed by atoms with Crippen LogP contribution in [0.1, 0.15) is 25.0 Å². The maximum absolute atomic E-state index is 9.96. The highest BCUT2D eigenvalue weighted by Gasteiger charge is 2.26. The molecule has 1 aromatic carbocycles. The van der Waals surface area contributed by atoms with Gasteiger partial charge in [0.25, 0.3) is 0 Å². The predicted octanol–water partition coefficient (Wildman–Crippen LogP) is 3.41. The number of hydrogen-bond acceptors (Lipinski definition) is 5. The van der Waals surface area contributed by atoms with Gasteiger partial charge in [0, 0.05) is 18.5 Å². The average molecular weight is 332 g/mol. The highest BCUT2D eigenvalue weighted by Crippen LogP contribution is 2.32. The minimum atomic E-state index is -0.128. The first-order valence-electron chi connectivity index (χ1n) is 8.11. The lowest BCUT2D eigenvalue weighted by Gasteiger charge is -2.22. The highest BCUT2D eigenvalue weighted by molar-refractivity contribution is 7.13. The van der Waals surface area contributed by atoms with Crippen LogP contribution in [0.2, 0.25) is 0 Å². The van der Waals surface area contributed by atoms with Crippen molar-refractivity contribution >= 4 is 11.3 Å². The Morgan fingerprint density at radius 1 is 1.35 bits per heavy atom. The Balaban J connectivity index is 1.65. The van der Waals surface area contributed by atoms with E-state index in [1.807, 2.05) is 24.3 Å². The van der Waals surface area contributed by atoms with Crippen LogP contribution in [0, 0.1) is 5.92 Å². The standard InChI is InChI=1S/C18H24N2O2S/c1-20(10-13-6-5-8-16(13)21)11-14-12-23-18(19-14)15-7-3-4-9-17(15)22-2/h3-4,7,9,12-13,16,21H,5-6,8,10-11H2,1-2H3. The molecule has 0 saturated heterocycles. The molecule has 0 spiro atoms. The van der Waals surface area contributed by atoms with Crippen LogP contribution in [-0.4, -0.2) is 41.8 Å². The Labute approximate surface area is 141 Å². The third-order valence-electron chi connectivity index (χ3n) is 4.49. The second-order valence-corrected chi connectivity index (χ2v) is 7.16. The van der Waals surface area contributed by atoms with Gasteiger partial charge in [-0.25, -0.2) is 4.98 Å². The van der Waals surface area contributed by atoms with Crippen LogP contribution in [0.3, 0.4) is 0 Å². The molecule has 1 N–H and O–H groups in total. The number of thiazole rings is 1. The number of rotatable bonds is 6. The van der Waals surface area contributed by atoms with E-state index in [4.69, 9.17) is 9.72 Å². The van der Waals surface area contributed by atoms with Gasteiger partial charge in [-0.05, 0) is 37.9 Å².